The molecule has 0 amide bonds. The van der Waals surface area contributed by atoms with Crippen LogP contribution in [-0.4, -0.2) is 17.1 Å². The van der Waals surface area contributed by atoms with E-state index in [9.17, 15) is 9.90 Å². The van der Waals surface area contributed by atoms with Gasteiger partial charge in [0, 0.05) is 11.6 Å². The Morgan fingerprint density at radius 1 is 1.14 bits per heavy atom. The standard InChI is InChI=1S/C24H29NO3/c1-15(24-11-16-7-17(12-24)9-18(8-16)13-24)25-14-21-5-6-22(28-21)19-3-2-4-20(10-19)23(26)27/h2-6,10,15-18,25H,7-9,11-14H2,1H3,(H,26,27). The highest BCUT2D eigenvalue weighted by molar-refractivity contribution is 5.89. The molecule has 1 aromatic carbocycles. The third kappa shape index (κ3) is 3.18. The van der Waals surface area contributed by atoms with Crippen LogP contribution in [0, 0.1) is 23.2 Å². The van der Waals surface area contributed by atoms with Gasteiger partial charge >= 0.3 is 5.97 Å². The molecule has 4 aliphatic carbocycles. The van der Waals surface area contributed by atoms with Crippen LogP contribution >= 0.6 is 0 Å². The van der Waals surface area contributed by atoms with Gasteiger partial charge in [-0.15, -0.1) is 0 Å². The number of carbonyl (C=O) groups is 1. The van der Waals surface area contributed by atoms with Gasteiger partial charge in [-0.2, -0.15) is 0 Å². The van der Waals surface area contributed by atoms with E-state index in [-0.39, 0.29) is 5.56 Å². The summed E-state index contributed by atoms with van der Waals surface area (Å²) in [5.74, 6) is 3.61. The Labute approximate surface area is 166 Å². The number of rotatable bonds is 6. The molecular formula is C24H29NO3. The third-order valence-electron chi connectivity index (χ3n) is 7.64. The molecule has 148 valence electrons. The molecule has 0 radical (unpaired) electrons. The lowest BCUT2D eigenvalue weighted by molar-refractivity contribution is -0.0708. The van der Waals surface area contributed by atoms with Crippen LogP contribution in [-0.2, 0) is 6.54 Å². The molecule has 1 heterocycles. The normalized spacial score (nSPS) is 31.8. The van der Waals surface area contributed by atoms with Crippen LogP contribution in [0.3, 0.4) is 0 Å². The van der Waals surface area contributed by atoms with E-state index in [2.05, 4.69) is 12.2 Å². The first-order valence-electron chi connectivity index (χ1n) is 10.7. The van der Waals surface area contributed by atoms with Gasteiger partial charge in [0.25, 0.3) is 0 Å². The first-order valence-corrected chi connectivity index (χ1v) is 10.7. The molecule has 2 aromatic rings. The number of hydrogen-bond donors (Lipinski definition) is 2. The Morgan fingerprint density at radius 3 is 2.46 bits per heavy atom. The molecule has 1 unspecified atom stereocenters. The lowest BCUT2D eigenvalue weighted by Gasteiger charge is -2.59. The van der Waals surface area contributed by atoms with Crippen LogP contribution in [0.4, 0.5) is 0 Å². The Bertz CT molecular complexity index is 848. The molecule has 4 heteroatoms. The van der Waals surface area contributed by atoms with Crippen LogP contribution in [0.5, 0.6) is 0 Å². The summed E-state index contributed by atoms with van der Waals surface area (Å²) in [6, 6.07) is 11.4. The maximum absolute atomic E-state index is 11.2. The Morgan fingerprint density at radius 2 is 1.82 bits per heavy atom. The molecule has 1 aromatic heterocycles. The first-order chi connectivity index (χ1) is 13.5. The van der Waals surface area contributed by atoms with Gasteiger partial charge in [0.15, 0.2) is 0 Å². The van der Waals surface area contributed by atoms with E-state index >= 15 is 0 Å². The minimum absolute atomic E-state index is 0.281. The van der Waals surface area contributed by atoms with Crippen molar-refractivity contribution >= 4 is 5.97 Å². The zero-order valence-electron chi connectivity index (χ0n) is 16.5. The summed E-state index contributed by atoms with van der Waals surface area (Å²) >= 11 is 0. The Hall–Kier alpha value is -2.07. The molecular weight excluding hydrogens is 350 g/mol. The maximum atomic E-state index is 11.2. The van der Waals surface area contributed by atoms with Gasteiger partial charge in [0.1, 0.15) is 11.5 Å². The molecule has 6 rings (SSSR count). The SMILES string of the molecule is CC(NCc1ccc(-c2cccc(C(=O)O)c2)o1)C12CC3CC(CC(C3)C1)C2. The van der Waals surface area contributed by atoms with Crippen molar-refractivity contribution in [3.05, 3.63) is 47.7 Å². The van der Waals surface area contributed by atoms with Crippen LogP contribution < -0.4 is 5.32 Å². The lowest BCUT2D eigenvalue weighted by Crippen LogP contribution is -2.54. The molecule has 2 N–H and O–H groups in total. The van der Waals surface area contributed by atoms with Crippen molar-refractivity contribution in [3.8, 4) is 11.3 Å². The molecule has 0 aliphatic heterocycles. The molecule has 4 nitrogen and oxygen atoms in total. The highest BCUT2D eigenvalue weighted by Crippen LogP contribution is 2.61. The van der Waals surface area contributed by atoms with Crippen molar-refractivity contribution in [1.82, 2.24) is 5.32 Å². The Balaban J connectivity index is 1.26. The largest absolute Gasteiger partial charge is 0.478 e. The van der Waals surface area contributed by atoms with Crippen molar-refractivity contribution in [3.63, 3.8) is 0 Å². The molecule has 0 spiro atoms. The lowest BCUT2D eigenvalue weighted by atomic mass is 9.48. The first kappa shape index (κ1) is 18.0. The van der Waals surface area contributed by atoms with Crippen LogP contribution in [0.15, 0.2) is 40.8 Å². The van der Waals surface area contributed by atoms with E-state index in [0.717, 1.165) is 41.4 Å². The van der Waals surface area contributed by atoms with Crippen LogP contribution in [0.25, 0.3) is 11.3 Å². The summed E-state index contributed by atoms with van der Waals surface area (Å²) in [6.07, 6.45) is 8.63. The second kappa shape index (κ2) is 6.77. The average Bonchev–Trinajstić information content (AvgIpc) is 3.14. The van der Waals surface area contributed by atoms with Crippen molar-refractivity contribution in [2.24, 2.45) is 23.2 Å². The quantitative estimate of drug-likeness (QED) is 0.711. The van der Waals surface area contributed by atoms with Crippen molar-refractivity contribution < 1.29 is 14.3 Å². The van der Waals surface area contributed by atoms with Gasteiger partial charge in [-0.25, -0.2) is 4.79 Å². The minimum atomic E-state index is -0.917. The fourth-order valence-corrected chi connectivity index (χ4v) is 6.61. The monoisotopic (exact) mass is 379 g/mol. The number of aromatic carboxylic acids is 1. The van der Waals surface area contributed by atoms with E-state index in [1.807, 2.05) is 18.2 Å². The zero-order valence-corrected chi connectivity index (χ0v) is 16.5. The predicted octanol–water partition coefficient (Wildman–Crippen LogP) is 5.34. The summed E-state index contributed by atoms with van der Waals surface area (Å²) in [4.78, 5) is 11.2. The van der Waals surface area contributed by atoms with E-state index in [0.29, 0.717) is 11.5 Å². The average molecular weight is 380 g/mol. The van der Waals surface area contributed by atoms with Crippen molar-refractivity contribution in [2.45, 2.75) is 58.0 Å². The molecule has 4 saturated carbocycles. The van der Waals surface area contributed by atoms with E-state index < -0.39 is 5.97 Å². The molecule has 4 aliphatic rings. The van der Waals surface area contributed by atoms with E-state index in [1.54, 1.807) is 18.2 Å². The highest BCUT2D eigenvalue weighted by Gasteiger charge is 2.52. The van der Waals surface area contributed by atoms with Crippen molar-refractivity contribution in [2.75, 3.05) is 0 Å². The fourth-order valence-electron chi connectivity index (χ4n) is 6.61. The topological polar surface area (TPSA) is 62.5 Å². The summed E-state index contributed by atoms with van der Waals surface area (Å²) in [5.41, 5.74) is 1.57. The van der Waals surface area contributed by atoms with Gasteiger partial charge in [-0.05, 0) is 92.9 Å². The highest BCUT2D eigenvalue weighted by atomic mass is 16.4. The second-order valence-corrected chi connectivity index (χ2v) is 9.53. The molecule has 0 saturated heterocycles. The summed E-state index contributed by atoms with van der Waals surface area (Å²) < 4.78 is 6.02. The second-order valence-electron chi connectivity index (χ2n) is 9.53. The maximum Gasteiger partial charge on any atom is 0.335 e. The van der Waals surface area contributed by atoms with Gasteiger partial charge in [0.05, 0.1) is 12.1 Å². The number of carboxylic acids is 1. The number of furan rings is 1. The molecule has 1 atom stereocenters. The van der Waals surface area contributed by atoms with Crippen molar-refractivity contribution in [1.29, 1.82) is 0 Å². The smallest absolute Gasteiger partial charge is 0.335 e. The Kier molecular flexibility index (Phi) is 4.35. The number of nitrogens with one attached hydrogen (secondary N) is 1. The minimum Gasteiger partial charge on any atom is -0.478 e. The van der Waals surface area contributed by atoms with Gasteiger partial charge in [0.2, 0.25) is 0 Å². The summed E-state index contributed by atoms with van der Waals surface area (Å²) in [5, 5.41) is 12.9. The fraction of sp³-hybridized carbons (Fsp3) is 0.542. The van der Waals surface area contributed by atoms with Gasteiger partial charge < -0.3 is 14.8 Å². The van der Waals surface area contributed by atoms with Gasteiger partial charge in [-0.1, -0.05) is 12.1 Å². The number of hydrogen-bond acceptors (Lipinski definition) is 3. The van der Waals surface area contributed by atoms with E-state index in [1.165, 1.54) is 38.5 Å². The third-order valence-corrected chi connectivity index (χ3v) is 7.64. The summed E-state index contributed by atoms with van der Waals surface area (Å²) in [6.45, 7) is 3.09. The van der Waals surface area contributed by atoms with Gasteiger partial charge in [-0.3, -0.25) is 0 Å². The molecule has 28 heavy (non-hydrogen) atoms. The zero-order chi connectivity index (χ0) is 19.3. The van der Waals surface area contributed by atoms with E-state index in [4.69, 9.17) is 4.42 Å². The van der Waals surface area contributed by atoms with Crippen LogP contribution in [0.1, 0.15) is 61.6 Å². The molecule has 4 fully saturated rings. The van der Waals surface area contributed by atoms with Crippen LogP contribution in [0.2, 0.25) is 0 Å². The summed E-state index contributed by atoms with van der Waals surface area (Å²) in [7, 11) is 0. The predicted molar refractivity (Wildman–Crippen MR) is 108 cm³/mol. The number of benzene rings is 1. The molecule has 4 bridgehead atoms. The number of carboxylic acid groups (broad SMARTS) is 1.